The van der Waals surface area contributed by atoms with Crippen molar-refractivity contribution < 1.29 is 28.6 Å². The molecule has 4 heterocycles. The van der Waals surface area contributed by atoms with Crippen molar-refractivity contribution in [2.75, 3.05) is 13.2 Å². The first kappa shape index (κ1) is 30.6. The van der Waals surface area contributed by atoms with Gasteiger partial charge in [0.2, 0.25) is 0 Å². The molecule has 6 rings (SSSR count). The van der Waals surface area contributed by atoms with Crippen molar-refractivity contribution in [1.29, 1.82) is 0 Å². The molecule has 1 atom stereocenters. The molecular weight excluding hydrogens is 597 g/mol. The van der Waals surface area contributed by atoms with Crippen LogP contribution in [0.3, 0.4) is 0 Å². The van der Waals surface area contributed by atoms with Crippen molar-refractivity contribution >= 4 is 39.1 Å². The van der Waals surface area contributed by atoms with Crippen molar-refractivity contribution in [1.82, 2.24) is 24.9 Å². The van der Waals surface area contributed by atoms with Gasteiger partial charge < -0.3 is 19.9 Å². The number of rotatable bonds is 8. The van der Waals surface area contributed by atoms with Gasteiger partial charge in [-0.15, -0.1) is 11.3 Å². The number of aliphatic carboxylic acids is 1. The van der Waals surface area contributed by atoms with Crippen LogP contribution in [0.5, 0.6) is 5.75 Å². The number of fused-ring (bicyclic) bond motifs is 3. The summed E-state index contributed by atoms with van der Waals surface area (Å²) >= 11 is 1.58. The summed E-state index contributed by atoms with van der Waals surface area (Å²) in [7, 11) is 0. The quantitative estimate of drug-likeness (QED) is 0.214. The zero-order chi connectivity index (χ0) is 32.0. The molecule has 12 heteroatoms. The molecule has 10 nitrogen and oxygen atoms in total. The summed E-state index contributed by atoms with van der Waals surface area (Å²) in [5.41, 5.74) is 3.27. The second kappa shape index (κ2) is 11.8. The summed E-state index contributed by atoms with van der Waals surface area (Å²) < 4.78 is 29.8. The molecule has 3 aromatic heterocycles. The number of hydrogen-bond donors (Lipinski definition) is 2. The van der Waals surface area contributed by atoms with E-state index in [1.807, 2.05) is 31.2 Å². The lowest BCUT2D eigenvalue weighted by molar-refractivity contribution is -0.160. The SMILES string of the molecule is Cc1nc2cc(C(=O)NCCc3nc4ccccc4s3)nn2c(-c2cc(F)c3c(c2C)CCCO3)c1C(OC(C)(C)C)C(=O)O. The van der Waals surface area contributed by atoms with Gasteiger partial charge in [0.15, 0.2) is 29.0 Å². The summed E-state index contributed by atoms with van der Waals surface area (Å²) in [6.45, 7) is 9.57. The maximum Gasteiger partial charge on any atom is 0.337 e. The predicted octanol–water partition coefficient (Wildman–Crippen LogP) is 6.00. The van der Waals surface area contributed by atoms with Gasteiger partial charge in [0.1, 0.15) is 0 Å². The number of carbonyl (C=O) groups is 2. The number of benzene rings is 2. The number of aryl methyl sites for hydroxylation is 1. The largest absolute Gasteiger partial charge is 0.490 e. The summed E-state index contributed by atoms with van der Waals surface area (Å²) in [5.74, 6) is -1.99. The fourth-order valence-corrected chi connectivity index (χ4v) is 6.67. The fourth-order valence-electron chi connectivity index (χ4n) is 5.71. The normalized spacial score (nSPS) is 13.9. The average Bonchev–Trinajstić information content (AvgIpc) is 3.61. The Morgan fingerprint density at radius 1 is 1.20 bits per heavy atom. The van der Waals surface area contributed by atoms with Gasteiger partial charge in [-0.2, -0.15) is 5.10 Å². The Labute approximate surface area is 263 Å². The molecule has 2 aromatic carbocycles. The highest BCUT2D eigenvalue weighted by Crippen LogP contribution is 2.41. The first-order valence-electron chi connectivity index (χ1n) is 14.8. The van der Waals surface area contributed by atoms with Crippen LogP contribution in [0, 0.1) is 19.7 Å². The van der Waals surface area contributed by atoms with Crippen LogP contribution >= 0.6 is 11.3 Å². The molecule has 1 aliphatic heterocycles. The zero-order valence-electron chi connectivity index (χ0n) is 25.7. The van der Waals surface area contributed by atoms with Gasteiger partial charge in [-0.05, 0) is 71.2 Å². The van der Waals surface area contributed by atoms with Crippen LogP contribution in [0.4, 0.5) is 4.39 Å². The zero-order valence-corrected chi connectivity index (χ0v) is 26.5. The molecule has 1 amide bonds. The lowest BCUT2D eigenvalue weighted by Crippen LogP contribution is -2.29. The molecule has 2 N–H and O–H groups in total. The first-order chi connectivity index (χ1) is 21.4. The lowest BCUT2D eigenvalue weighted by atomic mass is 9.91. The number of amides is 1. The number of carbonyl (C=O) groups excluding carboxylic acids is 1. The Bertz CT molecular complexity index is 1930. The number of nitrogens with zero attached hydrogens (tertiary/aromatic N) is 4. The van der Waals surface area contributed by atoms with Crippen LogP contribution in [0.25, 0.3) is 27.1 Å². The van der Waals surface area contributed by atoms with Crippen LogP contribution in [0.15, 0.2) is 36.4 Å². The van der Waals surface area contributed by atoms with E-state index < -0.39 is 29.4 Å². The molecule has 1 aliphatic rings. The third kappa shape index (κ3) is 5.99. The number of halogens is 1. The van der Waals surface area contributed by atoms with Crippen LogP contribution < -0.4 is 10.1 Å². The van der Waals surface area contributed by atoms with Gasteiger partial charge in [-0.3, -0.25) is 4.79 Å². The van der Waals surface area contributed by atoms with E-state index >= 15 is 4.39 Å². The van der Waals surface area contributed by atoms with Gasteiger partial charge in [-0.25, -0.2) is 23.7 Å². The van der Waals surface area contributed by atoms with Crippen molar-refractivity contribution in [3.63, 3.8) is 0 Å². The summed E-state index contributed by atoms with van der Waals surface area (Å²) in [4.78, 5) is 35.3. The van der Waals surface area contributed by atoms with Crippen LogP contribution in [0.1, 0.15) is 71.2 Å². The molecule has 1 unspecified atom stereocenters. The topological polar surface area (TPSA) is 128 Å². The second-order valence-electron chi connectivity index (χ2n) is 12.1. The Morgan fingerprint density at radius 2 is 1.98 bits per heavy atom. The molecule has 0 saturated heterocycles. The number of para-hydroxylation sites is 1. The second-order valence-corrected chi connectivity index (χ2v) is 13.2. The maximum atomic E-state index is 15.6. The number of hydrogen-bond acceptors (Lipinski definition) is 8. The molecule has 0 spiro atoms. The third-order valence-corrected chi connectivity index (χ3v) is 8.77. The van der Waals surface area contributed by atoms with E-state index in [0.717, 1.165) is 27.2 Å². The van der Waals surface area contributed by atoms with Crippen molar-refractivity contribution in [3.8, 4) is 17.0 Å². The van der Waals surface area contributed by atoms with E-state index in [0.29, 0.717) is 54.2 Å². The molecule has 45 heavy (non-hydrogen) atoms. The minimum Gasteiger partial charge on any atom is -0.490 e. The maximum absolute atomic E-state index is 15.6. The third-order valence-electron chi connectivity index (χ3n) is 7.67. The van der Waals surface area contributed by atoms with E-state index in [1.165, 1.54) is 10.6 Å². The van der Waals surface area contributed by atoms with Crippen LogP contribution in [0.2, 0.25) is 0 Å². The monoisotopic (exact) mass is 631 g/mol. The average molecular weight is 632 g/mol. The summed E-state index contributed by atoms with van der Waals surface area (Å²) in [6, 6.07) is 10.8. The van der Waals surface area contributed by atoms with E-state index in [1.54, 1.807) is 45.1 Å². The Kier molecular flexibility index (Phi) is 8.04. The smallest absolute Gasteiger partial charge is 0.337 e. The van der Waals surface area contributed by atoms with E-state index in [-0.39, 0.29) is 17.0 Å². The van der Waals surface area contributed by atoms with Gasteiger partial charge in [0.05, 0.1) is 33.1 Å². The lowest BCUT2D eigenvalue weighted by Gasteiger charge is -2.28. The Morgan fingerprint density at radius 3 is 2.71 bits per heavy atom. The molecular formula is C33H34FN5O5S. The number of ether oxygens (including phenoxy) is 2. The number of carboxylic acid groups (broad SMARTS) is 1. The minimum atomic E-state index is -1.44. The molecule has 0 fully saturated rings. The molecule has 0 saturated carbocycles. The van der Waals surface area contributed by atoms with Crippen molar-refractivity contribution in [2.24, 2.45) is 0 Å². The minimum absolute atomic E-state index is 0.0904. The van der Waals surface area contributed by atoms with Gasteiger partial charge in [0, 0.05) is 41.4 Å². The molecule has 0 radical (unpaired) electrons. The van der Waals surface area contributed by atoms with E-state index in [2.05, 4.69) is 20.4 Å². The highest BCUT2D eigenvalue weighted by atomic mass is 32.1. The molecule has 234 valence electrons. The number of thiazole rings is 1. The number of carboxylic acids is 1. The fraction of sp³-hybridized carbons (Fsp3) is 0.364. The molecule has 0 aliphatic carbocycles. The standard InChI is InChI=1S/C33H34FN5O5S/c1-17-19-9-8-14-43-29(19)21(34)15-20(17)28-27(30(32(41)42)44-33(3,4)5)18(2)36-25-16-23(38-39(25)28)31(40)35-13-12-26-37-22-10-6-7-11-24(22)45-26/h6-7,10-11,15-16,30H,8-9,12-14H2,1-5H3,(H,35,40)(H,41,42). The van der Waals surface area contributed by atoms with Gasteiger partial charge in [0.25, 0.3) is 5.91 Å². The summed E-state index contributed by atoms with van der Waals surface area (Å²) in [5, 5.41) is 18.8. The predicted molar refractivity (Wildman–Crippen MR) is 169 cm³/mol. The molecule has 5 aromatic rings. The number of aromatic nitrogens is 4. The van der Waals surface area contributed by atoms with E-state index in [9.17, 15) is 14.7 Å². The highest BCUT2D eigenvalue weighted by Gasteiger charge is 2.35. The first-order valence-corrected chi connectivity index (χ1v) is 15.6. The molecule has 0 bridgehead atoms. The highest BCUT2D eigenvalue weighted by molar-refractivity contribution is 7.18. The van der Waals surface area contributed by atoms with E-state index in [4.69, 9.17) is 9.47 Å². The van der Waals surface area contributed by atoms with Crippen LogP contribution in [-0.4, -0.2) is 55.3 Å². The van der Waals surface area contributed by atoms with Crippen molar-refractivity contribution in [3.05, 3.63) is 75.3 Å². The van der Waals surface area contributed by atoms with Gasteiger partial charge >= 0.3 is 5.97 Å². The Hall–Kier alpha value is -4.42. The van der Waals surface area contributed by atoms with Crippen molar-refractivity contribution in [2.45, 2.75) is 65.6 Å². The van der Waals surface area contributed by atoms with Gasteiger partial charge in [-0.1, -0.05) is 12.1 Å². The van der Waals surface area contributed by atoms with Crippen LogP contribution in [-0.2, 0) is 22.4 Å². The summed E-state index contributed by atoms with van der Waals surface area (Å²) in [6.07, 6.45) is 0.437. The number of nitrogens with one attached hydrogen (secondary N) is 1. The Balaban J connectivity index is 1.43.